The number of carbonyl (C=O) groups is 1. The maximum Gasteiger partial charge on any atom is 0.262 e. The minimum Gasteiger partial charge on any atom is -0.457 e. The van der Waals surface area contributed by atoms with E-state index < -0.39 is 5.91 Å². The van der Waals surface area contributed by atoms with E-state index in [-0.39, 0.29) is 11.7 Å². The van der Waals surface area contributed by atoms with Crippen molar-refractivity contribution in [3.63, 3.8) is 0 Å². The van der Waals surface area contributed by atoms with Crippen LogP contribution in [-0.2, 0) is 9.53 Å². The summed E-state index contributed by atoms with van der Waals surface area (Å²) in [5, 5.41) is 13.0. The Morgan fingerprint density at radius 3 is 2.88 bits per heavy atom. The van der Waals surface area contributed by atoms with Gasteiger partial charge in [-0.05, 0) is 43.2 Å². The highest BCUT2D eigenvalue weighted by Crippen LogP contribution is 2.31. The van der Waals surface area contributed by atoms with Crippen molar-refractivity contribution in [2.75, 3.05) is 13.2 Å². The molecule has 1 N–H and O–H groups in total. The molecular weight excluding hydrogens is 375 g/mol. The molecule has 134 valence electrons. The van der Waals surface area contributed by atoms with Gasteiger partial charge >= 0.3 is 0 Å². The molecule has 0 radical (unpaired) electrons. The first-order valence-electron chi connectivity index (χ1n) is 8.13. The van der Waals surface area contributed by atoms with Gasteiger partial charge in [-0.2, -0.15) is 5.26 Å². The molecule has 3 rings (SSSR count). The first-order chi connectivity index (χ1) is 12.6. The Labute approximate surface area is 161 Å². The van der Waals surface area contributed by atoms with Crippen LogP contribution in [0.1, 0.15) is 18.6 Å². The molecule has 0 aliphatic carbocycles. The number of furan rings is 1. The van der Waals surface area contributed by atoms with Crippen LogP contribution in [0.15, 0.2) is 40.3 Å². The van der Waals surface area contributed by atoms with Gasteiger partial charge in [-0.25, -0.2) is 0 Å². The van der Waals surface area contributed by atoms with E-state index in [1.54, 1.807) is 30.3 Å². The van der Waals surface area contributed by atoms with Gasteiger partial charge in [0.1, 0.15) is 23.2 Å². The molecule has 5 nitrogen and oxygen atoms in total. The lowest BCUT2D eigenvalue weighted by atomic mass is 10.2. The first-order valence-corrected chi connectivity index (χ1v) is 8.89. The zero-order valence-corrected chi connectivity index (χ0v) is 15.3. The number of nitriles is 1. The molecule has 1 amide bonds. The zero-order valence-electron chi connectivity index (χ0n) is 13.8. The second kappa shape index (κ2) is 8.41. The maximum atomic E-state index is 12.2. The third kappa shape index (κ3) is 4.47. The van der Waals surface area contributed by atoms with Crippen LogP contribution in [0.5, 0.6) is 0 Å². The van der Waals surface area contributed by atoms with Crippen molar-refractivity contribution in [3.8, 4) is 17.4 Å². The molecule has 7 heteroatoms. The van der Waals surface area contributed by atoms with Gasteiger partial charge in [0.05, 0.1) is 11.1 Å². The topological polar surface area (TPSA) is 75.3 Å². The Morgan fingerprint density at radius 1 is 1.35 bits per heavy atom. The normalized spacial score (nSPS) is 17.1. The molecule has 0 saturated carbocycles. The van der Waals surface area contributed by atoms with Crippen molar-refractivity contribution < 1.29 is 13.9 Å². The lowest BCUT2D eigenvalue weighted by Crippen LogP contribution is -2.32. The molecule has 1 saturated heterocycles. The van der Waals surface area contributed by atoms with Crippen LogP contribution in [0.4, 0.5) is 0 Å². The van der Waals surface area contributed by atoms with Gasteiger partial charge in [-0.1, -0.05) is 23.2 Å². The van der Waals surface area contributed by atoms with Gasteiger partial charge in [0.15, 0.2) is 0 Å². The van der Waals surface area contributed by atoms with E-state index in [1.807, 2.05) is 6.07 Å². The molecule has 26 heavy (non-hydrogen) atoms. The van der Waals surface area contributed by atoms with Crippen molar-refractivity contribution in [2.45, 2.75) is 18.9 Å². The Kier molecular flexibility index (Phi) is 6.00. The Bertz CT molecular complexity index is 877. The number of ether oxygens (including phenoxy) is 1. The molecule has 2 heterocycles. The number of hydrogen-bond acceptors (Lipinski definition) is 4. The number of benzene rings is 1. The highest BCUT2D eigenvalue weighted by atomic mass is 35.5. The van der Waals surface area contributed by atoms with Gasteiger partial charge in [-0.3, -0.25) is 4.79 Å². The first kappa shape index (κ1) is 18.5. The number of hydrogen-bond donors (Lipinski definition) is 1. The third-order valence-electron chi connectivity index (χ3n) is 3.99. The minimum atomic E-state index is -0.453. The molecule has 1 aliphatic rings. The van der Waals surface area contributed by atoms with Gasteiger partial charge in [-0.15, -0.1) is 0 Å². The van der Waals surface area contributed by atoms with Crippen LogP contribution in [-0.4, -0.2) is 25.2 Å². The van der Waals surface area contributed by atoms with Crippen molar-refractivity contribution in [1.82, 2.24) is 5.32 Å². The SMILES string of the molecule is N#C/C(=C\c1ccc(-c2ccc(Cl)cc2Cl)o1)C(=O)NCC1CCCO1. The average molecular weight is 391 g/mol. The van der Waals surface area contributed by atoms with E-state index >= 15 is 0 Å². The average Bonchev–Trinajstić information content (AvgIpc) is 3.29. The molecule has 1 aliphatic heterocycles. The number of nitrogens with one attached hydrogen (secondary N) is 1. The summed E-state index contributed by atoms with van der Waals surface area (Å²) in [5.74, 6) is 0.454. The molecule has 0 spiro atoms. The van der Waals surface area contributed by atoms with Crippen LogP contribution in [0, 0.1) is 11.3 Å². The number of amides is 1. The van der Waals surface area contributed by atoms with Gasteiger partial charge in [0.2, 0.25) is 0 Å². The van der Waals surface area contributed by atoms with E-state index in [0.29, 0.717) is 40.3 Å². The lowest BCUT2D eigenvalue weighted by Gasteiger charge is -2.09. The van der Waals surface area contributed by atoms with Crippen LogP contribution < -0.4 is 5.32 Å². The molecular formula is C19H16Cl2N2O3. The van der Waals surface area contributed by atoms with Gasteiger partial charge < -0.3 is 14.5 Å². The second-order valence-electron chi connectivity index (χ2n) is 5.84. The van der Waals surface area contributed by atoms with E-state index in [2.05, 4.69) is 5.32 Å². The summed E-state index contributed by atoms with van der Waals surface area (Å²) in [6.07, 6.45) is 3.32. The summed E-state index contributed by atoms with van der Waals surface area (Å²) in [6, 6.07) is 10.4. The molecule has 1 fully saturated rings. The highest BCUT2D eigenvalue weighted by Gasteiger charge is 2.18. The predicted octanol–water partition coefficient (Wildman–Crippen LogP) is 4.46. The van der Waals surface area contributed by atoms with Crippen molar-refractivity contribution in [1.29, 1.82) is 5.26 Å². The largest absolute Gasteiger partial charge is 0.457 e. The van der Waals surface area contributed by atoms with Crippen molar-refractivity contribution in [2.24, 2.45) is 0 Å². The summed E-state index contributed by atoms with van der Waals surface area (Å²) in [7, 11) is 0. The highest BCUT2D eigenvalue weighted by molar-refractivity contribution is 6.36. The summed E-state index contributed by atoms with van der Waals surface area (Å²) >= 11 is 12.1. The molecule has 1 aromatic carbocycles. The minimum absolute atomic E-state index is 0.0150. The fourth-order valence-corrected chi connectivity index (χ4v) is 3.16. The molecule has 2 aromatic rings. The van der Waals surface area contributed by atoms with Crippen LogP contribution in [0.2, 0.25) is 10.0 Å². The van der Waals surface area contributed by atoms with Crippen LogP contribution >= 0.6 is 23.2 Å². The van der Waals surface area contributed by atoms with Gasteiger partial charge in [0, 0.05) is 29.8 Å². The van der Waals surface area contributed by atoms with E-state index in [4.69, 9.17) is 32.4 Å². The second-order valence-corrected chi connectivity index (χ2v) is 6.68. The molecule has 1 unspecified atom stereocenters. The van der Waals surface area contributed by atoms with Crippen LogP contribution in [0.3, 0.4) is 0 Å². The van der Waals surface area contributed by atoms with Gasteiger partial charge in [0.25, 0.3) is 5.91 Å². The summed E-state index contributed by atoms with van der Waals surface area (Å²) in [5.41, 5.74) is 0.642. The maximum absolute atomic E-state index is 12.2. The fourth-order valence-electron chi connectivity index (χ4n) is 2.66. The summed E-state index contributed by atoms with van der Waals surface area (Å²) in [4.78, 5) is 12.2. The van der Waals surface area contributed by atoms with E-state index in [0.717, 1.165) is 12.8 Å². The lowest BCUT2D eigenvalue weighted by molar-refractivity contribution is -0.117. The van der Waals surface area contributed by atoms with E-state index in [1.165, 1.54) is 6.08 Å². The zero-order chi connectivity index (χ0) is 18.5. The van der Waals surface area contributed by atoms with Crippen molar-refractivity contribution in [3.05, 3.63) is 51.7 Å². The molecule has 1 atom stereocenters. The Hall–Kier alpha value is -2.26. The molecule has 1 aromatic heterocycles. The standard InChI is InChI=1S/C19H16Cl2N2O3/c20-13-3-5-16(17(21)9-13)18-6-4-14(26-18)8-12(10-22)19(24)23-11-15-2-1-7-25-15/h3-6,8-9,15H,1-2,7,11H2,(H,23,24)/b12-8+. The number of halogens is 2. The quantitative estimate of drug-likeness (QED) is 0.603. The van der Waals surface area contributed by atoms with Crippen LogP contribution in [0.25, 0.3) is 17.4 Å². The molecule has 0 bridgehead atoms. The Balaban J connectivity index is 1.72. The summed E-state index contributed by atoms with van der Waals surface area (Å²) in [6.45, 7) is 1.10. The number of carbonyl (C=O) groups excluding carboxylic acids is 1. The van der Waals surface area contributed by atoms with Crippen molar-refractivity contribution >= 4 is 35.2 Å². The number of nitrogens with zero attached hydrogens (tertiary/aromatic N) is 1. The van der Waals surface area contributed by atoms with E-state index in [9.17, 15) is 10.1 Å². The third-order valence-corrected chi connectivity index (χ3v) is 4.54. The Morgan fingerprint density at radius 2 is 2.19 bits per heavy atom. The number of rotatable bonds is 5. The fraction of sp³-hybridized carbons (Fsp3) is 0.263. The predicted molar refractivity (Wildman–Crippen MR) is 99.7 cm³/mol. The smallest absolute Gasteiger partial charge is 0.262 e. The summed E-state index contributed by atoms with van der Waals surface area (Å²) < 4.78 is 11.1. The monoisotopic (exact) mass is 390 g/mol.